The number of benzene rings is 1. The van der Waals surface area contributed by atoms with Gasteiger partial charge in [-0.3, -0.25) is 9.59 Å². The Morgan fingerprint density at radius 1 is 1.50 bits per heavy atom. The number of hydrogen-bond acceptors (Lipinski definition) is 4. The Balaban J connectivity index is 1.86. The highest BCUT2D eigenvalue weighted by atomic mass is 19.3. The number of halogens is 2. The van der Waals surface area contributed by atoms with E-state index in [0.29, 0.717) is 11.4 Å². The number of nitrogens with one attached hydrogen (secondary N) is 1. The topological polar surface area (TPSA) is 78.9 Å². The predicted molar refractivity (Wildman–Crippen MR) is 72.0 cm³/mol. The van der Waals surface area contributed by atoms with Gasteiger partial charge in [0.2, 0.25) is 0 Å². The van der Waals surface area contributed by atoms with Gasteiger partial charge in [0, 0.05) is 12.0 Å². The van der Waals surface area contributed by atoms with Crippen molar-refractivity contribution < 1.29 is 28.2 Å². The minimum atomic E-state index is -3.01. The van der Waals surface area contributed by atoms with Crippen LogP contribution in [0.15, 0.2) is 18.2 Å². The highest BCUT2D eigenvalue weighted by molar-refractivity contribution is 6.00. The molecule has 2 aliphatic rings. The maximum Gasteiger partial charge on any atom is 0.267 e. The first-order valence-corrected chi connectivity index (χ1v) is 6.76. The predicted octanol–water partition coefficient (Wildman–Crippen LogP) is 0.860. The Morgan fingerprint density at radius 3 is 3.00 bits per heavy atom. The fraction of sp³-hybridized carbons (Fsp3) is 0.429. The molecule has 8 heteroatoms. The van der Waals surface area contributed by atoms with Gasteiger partial charge in [-0.2, -0.15) is 0 Å². The number of amides is 2. The summed E-state index contributed by atoms with van der Waals surface area (Å²) >= 11 is 0. The maximum absolute atomic E-state index is 13.5. The number of carbonyl (C=O) groups excluding carboxylic acids is 2. The number of fused-ring (bicyclic) bond motifs is 1. The zero-order valence-corrected chi connectivity index (χ0v) is 11.5. The molecule has 1 unspecified atom stereocenters. The molecule has 2 aliphatic heterocycles. The lowest BCUT2D eigenvalue weighted by Gasteiger charge is -2.23. The summed E-state index contributed by atoms with van der Waals surface area (Å²) in [4.78, 5) is 24.6. The van der Waals surface area contributed by atoms with Crippen LogP contribution in [0.25, 0.3) is 0 Å². The van der Waals surface area contributed by atoms with Crippen molar-refractivity contribution in [1.82, 2.24) is 4.90 Å². The first-order chi connectivity index (χ1) is 10.4. The largest absolute Gasteiger partial charge is 0.482 e. The number of carbonyl (C=O) groups is 2. The number of aliphatic hydroxyl groups excluding tert-OH is 1. The fourth-order valence-corrected chi connectivity index (χ4v) is 2.68. The first-order valence-electron chi connectivity index (χ1n) is 6.76. The van der Waals surface area contributed by atoms with Crippen molar-refractivity contribution in [3.63, 3.8) is 0 Å². The van der Waals surface area contributed by atoms with Crippen molar-refractivity contribution in [2.45, 2.75) is 18.4 Å². The second-order valence-electron chi connectivity index (χ2n) is 5.38. The molecule has 0 bridgehead atoms. The first kappa shape index (κ1) is 14.7. The lowest BCUT2D eigenvalue weighted by molar-refractivity contribution is -0.118. The lowest BCUT2D eigenvalue weighted by atomic mass is 10.1. The summed E-state index contributed by atoms with van der Waals surface area (Å²) in [5, 5.41) is 11.7. The maximum atomic E-state index is 13.5. The normalized spacial score (nSPS) is 22.8. The third-order valence-electron chi connectivity index (χ3n) is 3.71. The van der Waals surface area contributed by atoms with Gasteiger partial charge in [-0.1, -0.05) is 0 Å². The smallest absolute Gasteiger partial charge is 0.267 e. The van der Waals surface area contributed by atoms with E-state index in [1.165, 1.54) is 18.2 Å². The van der Waals surface area contributed by atoms with Gasteiger partial charge < -0.3 is 20.1 Å². The van der Waals surface area contributed by atoms with Gasteiger partial charge in [0.05, 0.1) is 24.9 Å². The van der Waals surface area contributed by atoms with Gasteiger partial charge in [-0.15, -0.1) is 0 Å². The van der Waals surface area contributed by atoms with Crippen molar-refractivity contribution in [3.8, 4) is 5.75 Å². The molecule has 2 heterocycles. The van der Waals surface area contributed by atoms with Crippen molar-refractivity contribution in [2.24, 2.45) is 0 Å². The molecule has 3 rings (SSSR count). The summed E-state index contributed by atoms with van der Waals surface area (Å²) in [5.74, 6) is -3.55. The summed E-state index contributed by atoms with van der Waals surface area (Å²) in [6.45, 7) is -1.35. The number of nitrogens with zero attached hydrogens (tertiary/aromatic N) is 1. The standard InChI is InChI=1S/C14H14F2N2O4/c15-14(16)4-9(5-19)18(7-14)13(21)8-1-2-11-10(3-8)17-12(20)6-22-11/h1-3,9,19H,4-7H2,(H,17,20). The van der Waals surface area contributed by atoms with Gasteiger partial charge in [0.25, 0.3) is 17.7 Å². The quantitative estimate of drug-likeness (QED) is 0.849. The number of rotatable bonds is 2. The van der Waals surface area contributed by atoms with Crippen molar-refractivity contribution >= 4 is 17.5 Å². The third-order valence-corrected chi connectivity index (χ3v) is 3.71. The number of likely N-dealkylation sites (tertiary alicyclic amines) is 1. The monoisotopic (exact) mass is 312 g/mol. The fourth-order valence-electron chi connectivity index (χ4n) is 2.68. The molecule has 0 aliphatic carbocycles. The Kier molecular flexibility index (Phi) is 3.48. The molecule has 2 amide bonds. The van der Waals surface area contributed by atoms with E-state index in [1.807, 2.05) is 0 Å². The lowest BCUT2D eigenvalue weighted by Crippen LogP contribution is -2.38. The van der Waals surface area contributed by atoms with Gasteiger partial charge in [-0.25, -0.2) is 8.78 Å². The van der Waals surface area contributed by atoms with E-state index in [2.05, 4.69) is 5.32 Å². The molecule has 0 saturated carbocycles. The molecular weight excluding hydrogens is 298 g/mol. The van der Waals surface area contributed by atoms with E-state index in [4.69, 9.17) is 4.74 Å². The minimum Gasteiger partial charge on any atom is -0.482 e. The second kappa shape index (κ2) is 5.20. The average molecular weight is 312 g/mol. The number of ether oxygens (including phenoxy) is 1. The van der Waals surface area contributed by atoms with Gasteiger partial charge in [0.15, 0.2) is 6.61 Å². The minimum absolute atomic E-state index is 0.106. The van der Waals surface area contributed by atoms with Crippen LogP contribution in [0.1, 0.15) is 16.8 Å². The number of anilines is 1. The summed E-state index contributed by atoms with van der Waals surface area (Å²) in [6.07, 6.45) is -0.556. The van der Waals surface area contributed by atoms with E-state index >= 15 is 0 Å². The summed E-state index contributed by atoms with van der Waals surface area (Å²) in [5.41, 5.74) is 0.481. The van der Waals surface area contributed by atoms with Crippen LogP contribution in [0.2, 0.25) is 0 Å². The van der Waals surface area contributed by atoms with Crippen molar-refractivity contribution in [1.29, 1.82) is 0 Å². The van der Waals surface area contributed by atoms with Crippen molar-refractivity contribution in [3.05, 3.63) is 23.8 Å². The van der Waals surface area contributed by atoms with Crippen LogP contribution in [0, 0.1) is 0 Å². The second-order valence-corrected chi connectivity index (χ2v) is 5.38. The molecule has 22 heavy (non-hydrogen) atoms. The Labute approximate surface area is 124 Å². The van der Waals surface area contributed by atoms with Crippen LogP contribution in [0.5, 0.6) is 5.75 Å². The zero-order valence-electron chi connectivity index (χ0n) is 11.5. The number of aliphatic hydroxyl groups is 1. The number of alkyl halides is 2. The van der Waals surface area contributed by atoms with Gasteiger partial charge in [0.1, 0.15) is 5.75 Å². The highest BCUT2D eigenvalue weighted by Gasteiger charge is 2.46. The molecule has 6 nitrogen and oxygen atoms in total. The molecule has 1 saturated heterocycles. The van der Waals surface area contributed by atoms with E-state index in [1.54, 1.807) is 0 Å². The van der Waals surface area contributed by atoms with E-state index in [0.717, 1.165) is 4.90 Å². The van der Waals surface area contributed by atoms with Gasteiger partial charge >= 0.3 is 0 Å². The molecule has 0 radical (unpaired) electrons. The molecule has 118 valence electrons. The molecule has 2 N–H and O–H groups in total. The molecule has 1 atom stereocenters. The highest BCUT2D eigenvalue weighted by Crippen LogP contribution is 2.34. The van der Waals surface area contributed by atoms with Gasteiger partial charge in [-0.05, 0) is 18.2 Å². The molecule has 0 aromatic heterocycles. The zero-order chi connectivity index (χ0) is 15.9. The van der Waals surface area contributed by atoms with E-state index in [-0.39, 0.29) is 18.1 Å². The summed E-state index contributed by atoms with van der Waals surface area (Å²) in [7, 11) is 0. The van der Waals surface area contributed by atoms with Crippen LogP contribution >= 0.6 is 0 Å². The molecule has 1 fully saturated rings. The van der Waals surface area contributed by atoms with E-state index in [9.17, 15) is 23.5 Å². The molecule has 1 aromatic carbocycles. The van der Waals surface area contributed by atoms with Crippen LogP contribution in [-0.2, 0) is 4.79 Å². The van der Waals surface area contributed by atoms with E-state index < -0.39 is 37.4 Å². The third kappa shape index (κ3) is 2.61. The molecular formula is C14H14F2N2O4. The van der Waals surface area contributed by atoms with Crippen molar-refractivity contribution in [2.75, 3.05) is 25.1 Å². The number of hydrogen-bond donors (Lipinski definition) is 2. The van der Waals surface area contributed by atoms with Crippen LogP contribution in [0.4, 0.5) is 14.5 Å². The molecule has 0 spiro atoms. The Hall–Kier alpha value is -2.22. The van der Waals surface area contributed by atoms with Crippen LogP contribution < -0.4 is 10.1 Å². The summed E-state index contributed by atoms with van der Waals surface area (Å²) < 4.78 is 32.1. The summed E-state index contributed by atoms with van der Waals surface area (Å²) in [6, 6.07) is 3.43. The van der Waals surface area contributed by atoms with Crippen LogP contribution in [0.3, 0.4) is 0 Å². The molecule has 1 aromatic rings. The van der Waals surface area contributed by atoms with Crippen LogP contribution in [-0.4, -0.2) is 53.5 Å². The SMILES string of the molecule is O=C1COc2ccc(C(=O)N3CC(F)(F)CC3CO)cc2N1. The Bertz CT molecular complexity index is 635. The Morgan fingerprint density at radius 2 is 2.27 bits per heavy atom. The average Bonchev–Trinajstić information content (AvgIpc) is 2.80.